The van der Waals surface area contributed by atoms with Gasteiger partial charge in [-0.2, -0.15) is 0 Å². The zero-order chi connectivity index (χ0) is 9.84. The summed E-state index contributed by atoms with van der Waals surface area (Å²) < 4.78 is 0. The Balaban J connectivity index is 2.25. The summed E-state index contributed by atoms with van der Waals surface area (Å²) in [6.07, 6.45) is 7.17. The predicted molar refractivity (Wildman–Crippen MR) is 59.7 cm³/mol. The van der Waals surface area contributed by atoms with E-state index in [9.17, 15) is 0 Å². The smallest absolute Gasteiger partial charge is 0.0357 e. The molecule has 4 atom stereocenters. The molecule has 0 heterocycles. The van der Waals surface area contributed by atoms with E-state index in [1.54, 1.807) is 0 Å². The molecule has 1 aliphatic rings. The monoisotopic (exact) mass is 182 g/mol. The summed E-state index contributed by atoms with van der Waals surface area (Å²) >= 11 is 0. The highest BCUT2D eigenvalue weighted by atomic mass is 14.4. The van der Waals surface area contributed by atoms with E-state index < -0.39 is 0 Å². The predicted octanol–water partition coefficient (Wildman–Crippen LogP) is 4.49. The van der Waals surface area contributed by atoms with E-state index >= 15 is 0 Å². The molecule has 0 aromatic rings. The molecule has 1 aliphatic carbocycles. The van der Waals surface area contributed by atoms with Crippen LogP contribution in [0.5, 0.6) is 0 Å². The van der Waals surface area contributed by atoms with E-state index in [1.165, 1.54) is 32.1 Å². The second kappa shape index (κ2) is 5.02. The van der Waals surface area contributed by atoms with Crippen LogP contribution in [0, 0.1) is 23.7 Å². The fraction of sp³-hybridized carbons (Fsp3) is 1.00. The summed E-state index contributed by atoms with van der Waals surface area (Å²) in [7, 11) is 0. The Bertz CT molecular complexity index is 139. The first-order chi connectivity index (χ1) is 6.20. The maximum absolute atomic E-state index is 2.47. The molecule has 0 nitrogen and oxygen atoms in total. The van der Waals surface area contributed by atoms with Gasteiger partial charge < -0.3 is 0 Å². The number of rotatable bonds is 5. The molecule has 0 bridgehead atoms. The molecular formula is C13H26. The van der Waals surface area contributed by atoms with Gasteiger partial charge in [0.25, 0.3) is 0 Å². The molecular weight excluding hydrogens is 156 g/mol. The minimum Gasteiger partial charge on any atom is -0.0654 e. The quantitative estimate of drug-likeness (QED) is 0.587. The summed E-state index contributed by atoms with van der Waals surface area (Å²) in [6.45, 7) is 9.55. The van der Waals surface area contributed by atoms with Gasteiger partial charge >= 0.3 is 0 Å². The maximum atomic E-state index is 2.47. The molecule has 78 valence electrons. The van der Waals surface area contributed by atoms with Crippen molar-refractivity contribution in [2.45, 2.75) is 59.8 Å². The van der Waals surface area contributed by atoms with E-state index in [0.29, 0.717) is 0 Å². The lowest BCUT2D eigenvalue weighted by atomic mass is 9.59. The Morgan fingerprint density at radius 1 is 1.23 bits per heavy atom. The van der Waals surface area contributed by atoms with Crippen LogP contribution in [-0.2, 0) is 0 Å². The fourth-order valence-electron chi connectivity index (χ4n) is 3.10. The average Bonchev–Trinajstić information content (AvgIpc) is 2.11. The molecule has 1 rings (SSSR count). The van der Waals surface area contributed by atoms with Crippen LogP contribution < -0.4 is 0 Å². The van der Waals surface area contributed by atoms with Gasteiger partial charge in [-0.3, -0.25) is 0 Å². The highest BCUT2D eigenvalue weighted by Crippen LogP contribution is 2.47. The third-order valence-electron chi connectivity index (χ3n) is 4.13. The van der Waals surface area contributed by atoms with Crippen molar-refractivity contribution in [3.05, 3.63) is 0 Å². The molecule has 0 amide bonds. The van der Waals surface area contributed by atoms with Crippen LogP contribution >= 0.6 is 0 Å². The summed E-state index contributed by atoms with van der Waals surface area (Å²) in [5.41, 5.74) is 0. The molecule has 1 saturated carbocycles. The Hall–Kier alpha value is 0. The largest absolute Gasteiger partial charge is 0.0654 e. The summed E-state index contributed by atoms with van der Waals surface area (Å²) in [4.78, 5) is 0. The molecule has 0 N–H and O–H groups in total. The normalized spacial score (nSPS) is 35.5. The summed E-state index contributed by atoms with van der Waals surface area (Å²) in [5, 5.41) is 0. The van der Waals surface area contributed by atoms with Crippen LogP contribution in [-0.4, -0.2) is 0 Å². The van der Waals surface area contributed by atoms with Gasteiger partial charge in [-0.05, 0) is 30.1 Å². The Morgan fingerprint density at radius 2 is 1.92 bits per heavy atom. The molecule has 0 spiro atoms. The van der Waals surface area contributed by atoms with Crippen molar-refractivity contribution in [1.82, 2.24) is 0 Å². The SMILES string of the molecule is CCCC(C)C1CC(CCC)C1C. The first-order valence-corrected chi connectivity index (χ1v) is 6.20. The minimum atomic E-state index is 0.980. The van der Waals surface area contributed by atoms with Crippen molar-refractivity contribution < 1.29 is 0 Å². The van der Waals surface area contributed by atoms with Crippen molar-refractivity contribution >= 4 is 0 Å². The first kappa shape index (κ1) is 11.1. The van der Waals surface area contributed by atoms with E-state index in [1.807, 2.05) is 0 Å². The molecule has 1 fully saturated rings. The van der Waals surface area contributed by atoms with Crippen molar-refractivity contribution in [1.29, 1.82) is 0 Å². The van der Waals surface area contributed by atoms with Crippen LogP contribution in [0.25, 0.3) is 0 Å². The Kier molecular flexibility index (Phi) is 4.28. The molecule has 0 saturated heterocycles. The Labute approximate surface area is 84.1 Å². The average molecular weight is 182 g/mol. The van der Waals surface area contributed by atoms with E-state index in [4.69, 9.17) is 0 Å². The highest BCUT2D eigenvalue weighted by Gasteiger charge is 2.39. The van der Waals surface area contributed by atoms with Gasteiger partial charge in [-0.1, -0.05) is 53.4 Å². The molecule has 0 aromatic carbocycles. The van der Waals surface area contributed by atoms with Gasteiger partial charge in [0.2, 0.25) is 0 Å². The second-order valence-corrected chi connectivity index (χ2v) is 5.07. The van der Waals surface area contributed by atoms with Crippen LogP contribution in [0.1, 0.15) is 59.8 Å². The Morgan fingerprint density at radius 3 is 2.38 bits per heavy atom. The fourth-order valence-corrected chi connectivity index (χ4v) is 3.10. The van der Waals surface area contributed by atoms with Gasteiger partial charge in [0.1, 0.15) is 0 Å². The van der Waals surface area contributed by atoms with Crippen molar-refractivity contribution in [2.75, 3.05) is 0 Å². The third kappa shape index (κ3) is 2.48. The first-order valence-electron chi connectivity index (χ1n) is 6.20. The lowest BCUT2D eigenvalue weighted by Gasteiger charge is -2.46. The number of hydrogen-bond donors (Lipinski definition) is 0. The van der Waals surface area contributed by atoms with Gasteiger partial charge in [-0.15, -0.1) is 0 Å². The molecule has 0 radical (unpaired) electrons. The standard InChI is InChI=1S/C13H26/c1-5-7-10(3)13-9-12(8-6-2)11(13)4/h10-13H,5-9H2,1-4H3. The molecule has 13 heavy (non-hydrogen) atoms. The van der Waals surface area contributed by atoms with Gasteiger partial charge in [0, 0.05) is 0 Å². The second-order valence-electron chi connectivity index (χ2n) is 5.07. The van der Waals surface area contributed by atoms with Crippen LogP contribution in [0.4, 0.5) is 0 Å². The minimum absolute atomic E-state index is 0.980. The van der Waals surface area contributed by atoms with Gasteiger partial charge in [0.05, 0.1) is 0 Å². The molecule has 4 unspecified atom stereocenters. The van der Waals surface area contributed by atoms with E-state index in [0.717, 1.165) is 23.7 Å². The highest BCUT2D eigenvalue weighted by molar-refractivity contribution is 4.88. The topological polar surface area (TPSA) is 0 Å². The van der Waals surface area contributed by atoms with Crippen LogP contribution in [0.15, 0.2) is 0 Å². The van der Waals surface area contributed by atoms with Gasteiger partial charge in [-0.25, -0.2) is 0 Å². The van der Waals surface area contributed by atoms with Crippen molar-refractivity contribution in [3.8, 4) is 0 Å². The maximum Gasteiger partial charge on any atom is -0.0357 e. The van der Waals surface area contributed by atoms with Crippen molar-refractivity contribution in [3.63, 3.8) is 0 Å². The zero-order valence-electron chi connectivity index (χ0n) is 9.84. The van der Waals surface area contributed by atoms with E-state index in [2.05, 4.69) is 27.7 Å². The zero-order valence-corrected chi connectivity index (χ0v) is 9.84. The molecule has 0 aromatic heterocycles. The summed E-state index contributed by atoms with van der Waals surface area (Å²) in [6, 6.07) is 0. The third-order valence-corrected chi connectivity index (χ3v) is 4.13. The van der Waals surface area contributed by atoms with Gasteiger partial charge in [0.15, 0.2) is 0 Å². The lowest BCUT2D eigenvalue weighted by Crippen LogP contribution is -2.38. The lowest BCUT2D eigenvalue weighted by molar-refractivity contribution is 0.0332. The molecule has 0 heteroatoms. The van der Waals surface area contributed by atoms with E-state index in [-0.39, 0.29) is 0 Å². The van der Waals surface area contributed by atoms with Crippen LogP contribution in [0.2, 0.25) is 0 Å². The summed E-state index contributed by atoms with van der Waals surface area (Å²) in [5.74, 6) is 4.11. The van der Waals surface area contributed by atoms with Crippen molar-refractivity contribution in [2.24, 2.45) is 23.7 Å². The van der Waals surface area contributed by atoms with Crippen LogP contribution in [0.3, 0.4) is 0 Å². The number of hydrogen-bond acceptors (Lipinski definition) is 0. The molecule has 0 aliphatic heterocycles.